The van der Waals surface area contributed by atoms with Crippen LogP contribution in [0.1, 0.15) is 148 Å². The van der Waals surface area contributed by atoms with E-state index in [0.717, 1.165) is 87.4 Å². The molecule has 0 saturated heterocycles. The Labute approximate surface area is 460 Å². The Hall–Kier alpha value is -7.18. The molecule has 78 heavy (non-hydrogen) atoms. The minimum absolute atomic E-state index is 0.00645. The topological polar surface area (TPSA) is 36.0 Å². The number of hydrogen-bond acceptors (Lipinski definition) is 5. The molecule has 3 aliphatic carbocycles. The molecule has 10 aromatic rings. The minimum atomic E-state index is -0.166. The van der Waals surface area contributed by atoms with Crippen molar-refractivity contribution in [2.24, 2.45) is 0 Å². The van der Waals surface area contributed by atoms with Gasteiger partial charge in [0.05, 0.1) is 11.2 Å². The second-order valence-electron chi connectivity index (χ2n) is 27.6. The van der Waals surface area contributed by atoms with E-state index in [-0.39, 0.29) is 39.3 Å². The first-order valence-corrected chi connectivity index (χ1v) is 29.2. The molecule has 0 amide bonds. The van der Waals surface area contributed by atoms with Crippen LogP contribution in [-0.4, -0.2) is 12.3 Å². The molecular formula is C72H70BN3O2. The van der Waals surface area contributed by atoms with E-state index in [0.29, 0.717) is 0 Å². The monoisotopic (exact) mass is 1020 g/mol. The first-order valence-electron chi connectivity index (χ1n) is 29.2. The van der Waals surface area contributed by atoms with E-state index >= 15 is 0 Å². The number of fused-ring (bicyclic) bond motifs is 15. The Morgan fingerprint density at radius 3 is 1.68 bits per heavy atom. The van der Waals surface area contributed by atoms with Gasteiger partial charge in [-0.05, 0) is 178 Å². The van der Waals surface area contributed by atoms with E-state index in [1.54, 1.807) is 0 Å². The van der Waals surface area contributed by atoms with Gasteiger partial charge in [-0.3, -0.25) is 0 Å². The van der Waals surface area contributed by atoms with Crippen molar-refractivity contribution in [3.05, 3.63) is 173 Å². The summed E-state index contributed by atoms with van der Waals surface area (Å²) in [6.45, 7) is 24.9. The van der Waals surface area contributed by atoms with Crippen LogP contribution in [-0.2, 0) is 27.1 Å². The highest BCUT2D eigenvalue weighted by Crippen LogP contribution is 2.62. The number of para-hydroxylation sites is 4. The molecule has 0 N–H and O–H groups in total. The van der Waals surface area contributed by atoms with E-state index in [2.05, 4.69) is 230 Å². The van der Waals surface area contributed by atoms with Crippen LogP contribution in [0.15, 0.2) is 154 Å². The maximum Gasteiger partial charge on any atom is 0.252 e. The van der Waals surface area contributed by atoms with E-state index < -0.39 is 0 Å². The quantitative estimate of drug-likeness (QED) is 0.165. The Kier molecular flexibility index (Phi) is 9.22. The van der Waals surface area contributed by atoms with Gasteiger partial charge in [-0.1, -0.05) is 154 Å². The van der Waals surface area contributed by atoms with Crippen LogP contribution in [0.3, 0.4) is 0 Å². The zero-order valence-corrected chi connectivity index (χ0v) is 47.2. The fraction of sp³-hybridized carbons (Fsp3) is 0.333. The van der Waals surface area contributed by atoms with Crippen molar-refractivity contribution in [2.75, 3.05) is 14.7 Å². The largest absolute Gasteiger partial charge is 0.456 e. The first kappa shape index (κ1) is 46.9. The number of benzene rings is 8. The van der Waals surface area contributed by atoms with Crippen molar-refractivity contribution in [3.8, 4) is 0 Å². The van der Waals surface area contributed by atoms with E-state index in [4.69, 9.17) is 8.83 Å². The second kappa shape index (κ2) is 15.3. The SMILES string of the molecule is CC1(C)CCC(C)(C)c2cc(N3c4cc5c(cc4B4c6cc7oc8ccccc8c7cc6N(c6cccc7c6oc6ccccc67)c6cc(N7c8ccccc8C8(C)CCCCC78C)cc3c64)C(C)(C)CCC5(C)C)ccc21. The van der Waals surface area contributed by atoms with Gasteiger partial charge in [0, 0.05) is 66.8 Å². The van der Waals surface area contributed by atoms with Crippen molar-refractivity contribution in [1.29, 1.82) is 0 Å². The van der Waals surface area contributed by atoms with Gasteiger partial charge in [0.25, 0.3) is 6.71 Å². The molecule has 388 valence electrons. The van der Waals surface area contributed by atoms with Gasteiger partial charge < -0.3 is 23.5 Å². The smallest absolute Gasteiger partial charge is 0.252 e. The van der Waals surface area contributed by atoms with Crippen LogP contribution < -0.4 is 31.1 Å². The number of anilines is 8. The summed E-state index contributed by atoms with van der Waals surface area (Å²) in [7, 11) is 0. The second-order valence-corrected chi connectivity index (χ2v) is 27.6. The average molecular weight is 1020 g/mol. The molecular weight excluding hydrogens is 950 g/mol. The lowest BCUT2D eigenvalue weighted by Gasteiger charge is -2.51. The lowest BCUT2D eigenvalue weighted by Crippen LogP contribution is -2.62. The fourth-order valence-electron chi connectivity index (χ4n) is 16.6. The van der Waals surface area contributed by atoms with E-state index in [1.807, 2.05) is 0 Å². The average Bonchev–Trinajstić information content (AvgIpc) is 4.12. The molecule has 2 aromatic heterocycles. The molecule has 2 unspecified atom stereocenters. The molecule has 0 spiro atoms. The van der Waals surface area contributed by atoms with Crippen LogP contribution >= 0.6 is 0 Å². The van der Waals surface area contributed by atoms with Crippen molar-refractivity contribution in [3.63, 3.8) is 0 Å². The highest BCUT2D eigenvalue weighted by molar-refractivity contribution is 7.00. The fourth-order valence-corrected chi connectivity index (χ4v) is 16.6. The Morgan fingerprint density at radius 1 is 0.372 bits per heavy atom. The molecule has 0 radical (unpaired) electrons. The third-order valence-electron chi connectivity index (χ3n) is 21.5. The van der Waals surface area contributed by atoms with Crippen LogP contribution in [0.5, 0.6) is 0 Å². The van der Waals surface area contributed by atoms with Crippen LogP contribution in [0, 0.1) is 0 Å². The van der Waals surface area contributed by atoms with Gasteiger partial charge in [0.2, 0.25) is 0 Å². The maximum atomic E-state index is 7.14. The van der Waals surface area contributed by atoms with Gasteiger partial charge >= 0.3 is 0 Å². The summed E-state index contributed by atoms with van der Waals surface area (Å²) in [6, 6.07) is 56.4. The van der Waals surface area contributed by atoms with Crippen molar-refractivity contribution >= 4 is 112 Å². The number of rotatable bonds is 3. The lowest BCUT2D eigenvalue weighted by molar-refractivity contribution is 0.195. The standard InChI is InChI=1S/C72H70BN3O2/c1-67(2)32-33-68(3,4)51-36-43(28-29-49(51)67)74-59-41-53-52(69(5,6)34-35-70(53,7)8)40-54(59)73-55-42-64-48(46-21-12-15-26-62(46)77-64)39-58(55)75(57-25-19-22-47-45-20-11-16-27-63(45)78-66(47)57)61-38-44(37-60(74)65(61)73)76-56-24-14-13-23-50(56)71(9)30-17-18-31-72(71,76)10/h11-16,19-29,36-42H,17-18,30-35H2,1-10H3. The molecule has 2 atom stereocenters. The van der Waals surface area contributed by atoms with Crippen molar-refractivity contribution in [2.45, 2.75) is 153 Å². The van der Waals surface area contributed by atoms with Crippen molar-refractivity contribution in [1.82, 2.24) is 0 Å². The molecule has 3 aliphatic heterocycles. The molecule has 5 heterocycles. The molecule has 5 nitrogen and oxygen atoms in total. The Morgan fingerprint density at radius 2 is 0.936 bits per heavy atom. The van der Waals surface area contributed by atoms with Gasteiger partial charge in [0.15, 0.2) is 5.58 Å². The number of hydrogen-bond donors (Lipinski definition) is 0. The first-order chi connectivity index (χ1) is 37.4. The van der Waals surface area contributed by atoms with Gasteiger partial charge in [-0.2, -0.15) is 0 Å². The third-order valence-corrected chi connectivity index (χ3v) is 21.5. The molecule has 1 fully saturated rings. The maximum absolute atomic E-state index is 7.14. The summed E-state index contributed by atoms with van der Waals surface area (Å²) in [5, 5.41) is 4.50. The lowest BCUT2D eigenvalue weighted by atomic mass is 9.33. The Balaban J connectivity index is 1.08. The molecule has 6 aliphatic rings. The highest BCUT2D eigenvalue weighted by atomic mass is 16.3. The Bertz CT molecular complexity index is 4260. The summed E-state index contributed by atoms with van der Waals surface area (Å²) >= 11 is 0. The highest BCUT2D eigenvalue weighted by Gasteiger charge is 2.58. The third kappa shape index (κ3) is 6.05. The normalized spacial score (nSPS) is 22.7. The number of furan rings is 2. The van der Waals surface area contributed by atoms with Gasteiger partial charge in [-0.25, -0.2) is 0 Å². The van der Waals surface area contributed by atoms with E-state index in [1.165, 1.54) is 97.6 Å². The van der Waals surface area contributed by atoms with Crippen LogP contribution in [0.25, 0.3) is 43.9 Å². The zero-order chi connectivity index (χ0) is 53.2. The predicted molar refractivity (Wildman–Crippen MR) is 328 cm³/mol. The van der Waals surface area contributed by atoms with Crippen LogP contribution in [0.4, 0.5) is 45.5 Å². The minimum Gasteiger partial charge on any atom is -0.456 e. The number of nitrogens with zero attached hydrogens (tertiary/aromatic N) is 3. The molecule has 16 rings (SSSR count). The predicted octanol–water partition coefficient (Wildman–Crippen LogP) is 18.0. The van der Waals surface area contributed by atoms with Gasteiger partial charge in [0.1, 0.15) is 16.7 Å². The summed E-state index contributed by atoms with van der Waals surface area (Å²) in [6.07, 6.45) is 9.33. The van der Waals surface area contributed by atoms with E-state index in [9.17, 15) is 0 Å². The van der Waals surface area contributed by atoms with Crippen LogP contribution in [0.2, 0.25) is 0 Å². The molecule has 1 saturated carbocycles. The van der Waals surface area contributed by atoms with Crippen molar-refractivity contribution < 1.29 is 8.83 Å². The summed E-state index contributed by atoms with van der Waals surface area (Å²) in [5.41, 5.74) is 24.5. The summed E-state index contributed by atoms with van der Waals surface area (Å²) in [5.74, 6) is 0. The molecule has 8 aromatic carbocycles. The summed E-state index contributed by atoms with van der Waals surface area (Å²) < 4.78 is 14.1. The zero-order valence-electron chi connectivity index (χ0n) is 47.2. The molecule has 6 heteroatoms. The summed E-state index contributed by atoms with van der Waals surface area (Å²) in [4.78, 5) is 8.15. The molecule has 0 bridgehead atoms. The van der Waals surface area contributed by atoms with Gasteiger partial charge in [-0.15, -0.1) is 0 Å².